The number of ether oxygens (including phenoxy) is 1. The molecule has 150 valence electrons. The van der Waals surface area contributed by atoms with Crippen LogP contribution in [0.15, 0.2) is 48.5 Å². The summed E-state index contributed by atoms with van der Waals surface area (Å²) in [7, 11) is 1.37. The molecule has 0 aliphatic carbocycles. The molecule has 0 fully saturated rings. The third kappa shape index (κ3) is 3.20. The first-order valence-corrected chi connectivity index (χ1v) is 9.98. The standard InChI is InChI=1S/C24H26N2O3/c1-14(2)16-9-11-17(12-10-16)23-22-19(18-7-5-6-8-20(18)25-22)13-21(24(28)29-4)26(23)15(3)27/h5-12,14,21,23,25H,13H2,1-4H3/t21-,23-/m0/s1. The predicted molar refractivity (Wildman–Crippen MR) is 113 cm³/mol. The van der Waals surface area contributed by atoms with Gasteiger partial charge in [-0.2, -0.15) is 0 Å². The third-order valence-electron chi connectivity index (χ3n) is 5.89. The Kier molecular flexibility index (Phi) is 4.91. The van der Waals surface area contributed by atoms with E-state index in [0.717, 1.165) is 27.7 Å². The minimum atomic E-state index is -0.654. The maximum Gasteiger partial charge on any atom is 0.328 e. The molecule has 0 saturated carbocycles. The van der Waals surface area contributed by atoms with Gasteiger partial charge in [-0.25, -0.2) is 4.79 Å². The lowest BCUT2D eigenvalue weighted by molar-refractivity contribution is -0.154. The van der Waals surface area contributed by atoms with Crippen molar-refractivity contribution in [2.75, 3.05) is 7.11 Å². The fourth-order valence-electron chi connectivity index (χ4n) is 4.41. The van der Waals surface area contributed by atoms with Crippen molar-refractivity contribution in [3.05, 3.63) is 70.9 Å². The maximum atomic E-state index is 12.7. The lowest BCUT2D eigenvalue weighted by Crippen LogP contribution is -2.51. The highest BCUT2D eigenvalue weighted by molar-refractivity contribution is 5.90. The highest BCUT2D eigenvalue weighted by atomic mass is 16.5. The maximum absolute atomic E-state index is 12.7. The van der Waals surface area contributed by atoms with E-state index in [-0.39, 0.29) is 17.9 Å². The van der Waals surface area contributed by atoms with Gasteiger partial charge in [-0.3, -0.25) is 4.79 Å². The second kappa shape index (κ2) is 7.39. The Morgan fingerprint density at radius 1 is 1.10 bits per heavy atom. The number of benzene rings is 2. The molecule has 5 heteroatoms. The van der Waals surface area contributed by atoms with E-state index in [1.54, 1.807) is 4.90 Å². The van der Waals surface area contributed by atoms with Crippen molar-refractivity contribution >= 4 is 22.8 Å². The van der Waals surface area contributed by atoms with E-state index >= 15 is 0 Å². The van der Waals surface area contributed by atoms with Crippen LogP contribution in [0.4, 0.5) is 0 Å². The summed E-state index contributed by atoms with van der Waals surface area (Å²) in [5.41, 5.74) is 5.27. The van der Waals surface area contributed by atoms with Crippen molar-refractivity contribution in [2.24, 2.45) is 0 Å². The number of para-hydroxylation sites is 1. The van der Waals surface area contributed by atoms with E-state index in [1.807, 2.05) is 18.2 Å². The first-order chi connectivity index (χ1) is 13.9. The fourth-order valence-corrected chi connectivity index (χ4v) is 4.41. The van der Waals surface area contributed by atoms with Gasteiger partial charge in [-0.1, -0.05) is 56.3 Å². The van der Waals surface area contributed by atoms with Gasteiger partial charge in [-0.15, -0.1) is 0 Å². The van der Waals surface area contributed by atoms with Gasteiger partial charge in [0.05, 0.1) is 13.2 Å². The summed E-state index contributed by atoms with van der Waals surface area (Å²) in [6.07, 6.45) is 0.437. The van der Waals surface area contributed by atoms with Gasteiger partial charge in [0.1, 0.15) is 6.04 Å². The number of esters is 1. The number of hydrogen-bond donors (Lipinski definition) is 1. The first kappa shape index (κ1) is 19.2. The summed E-state index contributed by atoms with van der Waals surface area (Å²) < 4.78 is 5.07. The number of aromatic amines is 1. The number of nitrogens with one attached hydrogen (secondary N) is 1. The Hall–Kier alpha value is -3.08. The largest absolute Gasteiger partial charge is 0.467 e. The zero-order valence-electron chi connectivity index (χ0n) is 17.2. The first-order valence-electron chi connectivity index (χ1n) is 9.98. The highest BCUT2D eigenvalue weighted by Crippen LogP contribution is 2.41. The number of methoxy groups -OCH3 is 1. The summed E-state index contributed by atoms with van der Waals surface area (Å²) in [6.45, 7) is 5.82. The Balaban J connectivity index is 1.93. The smallest absolute Gasteiger partial charge is 0.328 e. The molecule has 1 aromatic heterocycles. The molecule has 5 nitrogen and oxygen atoms in total. The van der Waals surface area contributed by atoms with Crippen LogP contribution < -0.4 is 0 Å². The molecule has 2 atom stereocenters. The number of amides is 1. The van der Waals surface area contributed by atoms with Crippen LogP contribution in [0.3, 0.4) is 0 Å². The van der Waals surface area contributed by atoms with Crippen molar-refractivity contribution in [3.8, 4) is 0 Å². The number of carbonyl (C=O) groups is 2. The zero-order chi connectivity index (χ0) is 20.7. The van der Waals surface area contributed by atoms with Gasteiger partial charge < -0.3 is 14.6 Å². The Morgan fingerprint density at radius 2 is 1.79 bits per heavy atom. The van der Waals surface area contributed by atoms with Crippen LogP contribution in [-0.2, 0) is 20.7 Å². The lowest BCUT2D eigenvalue weighted by atomic mass is 9.87. The average Bonchev–Trinajstić information content (AvgIpc) is 3.10. The van der Waals surface area contributed by atoms with Crippen LogP contribution >= 0.6 is 0 Å². The van der Waals surface area contributed by atoms with Crippen LogP contribution in [-0.4, -0.2) is 34.9 Å². The lowest BCUT2D eigenvalue weighted by Gasteiger charge is -2.40. The summed E-state index contributed by atoms with van der Waals surface area (Å²) in [4.78, 5) is 30.5. The summed E-state index contributed by atoms with van der Waals surface area (Å²) in [5.74, 6) is -0.117. The van der Waals surface area contributed by atoms with Gasteiger partial charge in [0.25, 0.3) is 0 Å². The van der Waals surface area contributed by atoms with Gasteiger partial charge in [0.2, 0.25) is 5.91 Å². The molecular weight excluding hydrogens is 364 g/mol. The van der Waals surface area contributed by atoms with Crippen molar-refractivity contribution in [2.45, 2.75) is 45.2 Å². The molecule has 0 unspecified atom stereocenters. The van der Waals surface area contributed by atoms with E-state index in [1.165, 1.54) is 19.6 Å². The van der Waals surface area contributed by atoms with Gasteiger partial charge >= 0.3 is 5.97 Å². The minimum absolute atomic E-state index is 0.150. The SMILES string of the molecule is COC(=O)[C@@H]1Cc2c([nH]c3ccccc23)[C@H](c2ccc(C(C)C)cc2)N1C(C)=O. The quantitative estimate of drug-likeness (QED) is 0.677. The van der Waals surface area contributed by atoms with Crippen LogP contribution in [0.2, 0.25) is 0 Å². The Labute approximate surface area is 170 Å². The number of hydrogen-bond acceptors (Lipinski definition) is 3. The second-order valence-electron chi connectivity index (χ2n) is 7.96. The van der Waals surface area contributed by atoms with Crippen molar-refractivity contribution in [1.29, 1.82) is 0 Å². The average molecular weight is 390 g/mol. The normalized spacial score (nSPS) is 18.7. The van der Waals surface area contributed by atoms with Gasteiger partial charge in [-0.05, 0) is 28.7 Å². The molecule has 1 aliphatic heterocycles. The molecule has 3 aromatic rings. The molecular formula is C24H26N2O3. The Bertz CT molecular complexity index is 1070. The van der Waals surface area contributed by atoms with Crippen molar-refractivity contribution in [1.82, 2.24) is 9.88 Å². The summed E-state index contributed by atoms with van der Waals surface area (Å²) in [6, 6.07) is 15.4. The van der Waals surface area contributed by atoms with Crippen molar-refractivity contribution in [3.63, 3.8) is 0 Å². The number of fused-ring (bicyclic) bond motifs is 3. The van der Waals surface area contributed by atoms with Crippen molar-refractivity contribution < 1.29 is 14.3 Å². The van der Waals surface area contributed by atoms with E-state index in [0.29, 0.717) is 12.3 Å². The summed E-state index contributed by atoms with van der Waals surface area (Å²) >= 11 is 0. The second-order valence-corrected chi connectivity index (χ2v) is 7.96. The van der Waals surface area contributed by atoms with Gasteiger partial charge in [0.15, 0.2) is 0 Å². The number of nitrogens with zero attached hydrogens (tertiary/aromatic N) is 1. The number of H-pyrrole nitrogens is 1. The van der Waals surface area contributed by atoms with Crippen LogP contribution in [0, 0.1) is 0 Å². The molecule has 0 saturated heterocycles. The molecule has 29 heavy (non-hydrogen) atoms. The molecule has 2 heterocycles. The number of aromatic nitrogens is 1. The highest BCUT2D eigenvalue weighted by Gasteiger charge is 2.42. The molecule has 1 N–H and O–H groups in total. The molecule has 0 bridgehead atoms. The molecule has 1 aliphatic rings. The molecule has 4 rings (SSSR count). The topological polar surface area (TPSA) is 62.4 Å². The van der Waals surface area contributed by atoms with Crippen LogP contribution in [0.5, 0.6) is 0 Å². The van der Waals surface area contributed by atoms with E-state index in [4.69, 9.17) is 4.74 Å². The predicted octanol–water partition coefficient (Wildman–Crippen LogP) is 4.33. The fraction of sp³-hybridized carbons (Fsp3) is 0.333. The number of rotatable bonds is 3. The molecule has 1 amide bonds. The molecule has 0 spiro atoms. The van der Waals surface area contributed by atoms with E-state index in [2.05, 4.69) is 49.2 Å². The van der Waals surface area contributed by atoms with Crippen LogP contribution in [0.25, 0.3) is 10.9 Å². The van der Waals surface area contributed by atoms with Crippen LogP contribution in [0.1, 0.15) is 55.1 Å². The van der Waals surface area contributed by atoms with Gasteiger partial charge in [0, 0.05) is 29.9 Å². The molecule has 0 radical (unpaired) electrons. The van der Waals surface area contributed by atoms with E-state index < -0.39 is 6.04 Å². The molecule has 2 aromatic carbocycles. The minimum Gasteiger partial charge on any atom is -0.467 e. The monoisotopic (exact) mass is 390 g/mol. The third-order valence-corrected chi connectivity index (χ3v) is 5.89. The van der Waals surface area contributed by atoms with E-state index in [9.17, 15) is 9.59 Å². The Morgan fingerprint density at radius 3 is 2.41 bits per heavy atom. The zero-order valence-corrected chi connectivity index (χ0v) is 17.2. The summed E-state index contributed by atoms with van der Waals surface area (Å²) in [5, 5.41) is 1.09. The number of carbonyl (C=O) groups excluding carboxylic acids is 2.